The van der Waals surface area contributed by atoms with Crippen molar-refractivity contribution in [3.8, 4) is 11.3 Å². The summed E-state index contributed by atoms with van der Waals surface area (Å²) in [7, 11) is 1.51. The second kappa shape index (κ2) is 8.04. The van der Waals surface area contributed by atoms with Crippen LogP contribution in [0.25, 0.3) is 22.3 Å². The lowest BCUT2D eigenvalue weighted by molar-refractivity contribution is 0.0989. The van der Waals surface area contributed by atoms with E-state index in [0.717, 1.165) is 0 Å². The third-order valence-corrected chi connectivity index (χ3v) is 5.60. The maximum atomic E-state index is 14.2. The third-order valence-electron chi connectivity index (χ3n) is 4.50. The zero-order chi connectivity index (χ0) is 21.4. The van der Waals surface area contributed by atoms with Crippen LogP contribution in [0.3, 0.4) is 0 Å². The Morgan fingerprint density at radius 3 is 2.57 bits per heavy atom. The maximum Gasteiger partial charge on any atom is 0.262 e. The molecule has 0 atom stereocenters. The van der Waals surface area contributed by atoms with Gasteiger partial charge in [0.15, 0.2) is 0 Å². The Morgan fingerprint density at radius 1 is 1.07 bits per heavy atom. The molecule has 150 valence electrons. The molecule has 0 aliphatic carbocycles. The summed E-state index contributed by atoms with van der Waals surface area (Å²) in [6, 6.07) is 10.2. The molecule has 0 saturated heterocycles. The zero-order valence-corrected chi connectivity index (χ0v) is 17.7. The number of pyridine rings is 1. The van der Waals surface area contributed by atoms with Crippen LogP contribution in [0.15, 0.2) is 59.3 Å². The summed E-state index contributed by atoms with van der Waals surface area (Å²) in [5, 5.41) is 0.0228. The van der Waals surface area contributed by atoms with Crippen molar-refractivity contribution in [3.63, 3.8) is 0 Å². The third kappa shape index (κ3) is 3.64. The molecule has 2 heterocycles. The fraction of sp³-hybridized carbons (Fsp3) is 0.0476. The van der Waals surface area contributed by atoms with E-state index in [9.17, 15) is 13.6 Å². The fourth-order valence-electron chi connectivity index (χ4n) is 2.94. The van der Waals surface area contributed by atoms with Crippen LogP contribution in [0.1, 0.15) is 10.4 Å². The molecular weight excluding hydrogens is 478 g/mol. The van der Waals surface area contributed by atoms with Crippen LogP contribution in [-0.2, 0) is 0 Å². The molecular formula is C21H12BrClF2N4O. The first-order valence-electron chi connectivity index (χ1n) is 8.66. The Balaban J connectivity index is 1.78. The van der Waals surface area contributed by atoms with Crippen molar-refractivity contribution >= 4 is 50.2 Å². The van der Waals surface area contributed by atoms with E-state index in [1.54, 1.807) is 24.4 Å². The predicted octanol–water partition coefficient (Wildman–Crippen LogP) is 5.66. The molecule has 0 bridgehead atoms. The molecule has 0 spiro atoms. The van der Waals surface area contributed by atoms with Crippen molar-refractivity contribution in [1.29, 1.82) is 0 Å². The standard InChI is InChI=1S/C21H12BrClF2N4O/c1-29(21(30)18-12(23)3-2-4-13(18)24)16-7-6-14-20(19(16)22)28-15(10-26-14)11-5-8-17(25)27-9-11/h2-10H,1H3. The highest BCUT2D eigenvalue weighted by molar-refractivity contribution is 9.10. The van der Waals surface area contributed by atoms with Gasteiger partial charge in [0.2, 0.25) is 5.95 Å². The number of carbonyl (C=O) groups excluding carboxylic acids is 1. The number of aromatic nitrogens is 3. The second-order valence-electron chi connectivity index (χ2n) is 6.35. The molecule has 30 heavy (non-hydrogen) atoms. The molecule has 0 radical (unpaired) electrons. The number of halogens is 4. The number of carbonyl (C=O) groups is 1. The van der Waals surface area contributed by atoms with Crippen molar-refractivity contribution in [2.75, 3.05) is 11.9 Å². The number of hydrogen-bond acceptors (Lipinski definition) is 4. The minimum atomic E-state index is -0.706. The highest BCUT2D eigenvalue weighted by Gasteiger charge is 2.23. The lowest BCUT2D eigenvalue weighted by Gasteiger charge is -2.20. The van der Waals surface area contributed by atoms with E-state index < -0.39 is 17.7 Å². The van der Waals surface area contributed by atoms with E-state index in [0.29, 0.717) is 32.5 Å². The summed E-state index contributed by atoms with van der Waals surface area (Å²) in [6.07, 6.45) is 2.91. The predicted molar refractivity (Wildman–Crippen MR) is 115 cm³/mol. The number of hydrogen-bond donors (Lipinski definition) is 0. The number of fused-ring (bicyclic) bond motifs is 1. The van der Waals surface area contributed by atoms with Crippen molar-refractivity contribution < 1.29 is 13.6 Å². The Labute approximate surface area is 183 Å². The number of anilines is 1. The van der Waals surface area contributed by atoms with E-state index in [2.05, 4.69) is 30.9 Å². The van der Waals surface area contributed by atoms with Crippen LogP contribution < -0.4 is 4.90 Å². The Morgan fingerprint density at radius 2 is 1.87 bits per heavy atom. The van der Waals surface area contributed by atoms with Gasteiger partial charge in [0.25, 0.3) is 5.91 Å². The van der Waals surface area contributed by atoms with E-state index >= 15 is 0 Å². The summed E-state index contributed by atoms with van der Waals surface area (Å²) in [5.74, 6) is -1.91. The molecule has 5 nitrogen and oxygen atoms in total. The average Bonchev–Trinajstić information content (AvgIpc) is 2.74. The molecule has 2 aromatic heterocycles. The van der Waals surface area contributed by atoms with Gasteiger partial charge in [-0.25, -0.2) is 14.4 Å². The van der Waals surface area contributed by atoms with Crippen LogP contribution in [0, 0.1) is 11.8 Å². The van der Waals surface area contributed by atoms with Gasteiger partial charge in [0.1, 0.15) is 11.3 Å². The second-order valence-corrected chi connectivity index (χ2v) is 7.55. The molecule has 2 aromatic carbocycles. The highest BCUT2D eigenvalue weighted by Crippen LogP contribution is 2.34. The molecule has 1 amide bonds. The summed E-state index contributed by atoms with van der Waals surface area (Å²) in [4.78, 5) is 26.8. The van der Waals surface area contributed by atoms with Crippen LogP contribution in [0.2, 0.25) is 5.02 Å². The van der Waals surface area contributed by atoms with Gasteiger partial charge in [-0.05, 0) is 52.3 Å². The fourth-order valence-corrected chi connectivity index (χ4v) is 3.87. The van der Waals surface area contributed by atoms with Crippen LogP contribution in [0.5, 0.6) is 0 Å². The van der Waals surface area contributed by atoms with Crippen molar-refractivity contribution in [1.82, 2.24) is 15.0 Å². The molecule has 9 heteroatoms. The van der Waals surface area contributed by atoms with E-state index in [-0.39, 0.29) is 10.6 Å². The van der Waals surface area contributed by atoms with Gasteiger partial charge in [-0.2, -0.15) is 4.39 Å². The smallest absolute Gasteiger partial charge is 0.262 e. The first kappa shape index (κ1) is 20.3. The topological polar surface area (TPSA) is 59.0 Å². The zero-order valence-electron chi connectivity index (χ0n) is 15.4. The van der Waals surface area contributed by atoms with Crippen LogP contribution >= 0.6 is 27.5 Å². The lowest BCUT2D eigenvalue weighted by Crippen LogP contribution is -2.27. The number of rotatable bonds is 3. The van der Waals surface area contributed by atoms with Crippen molar-refractivity contribution in [2.24, 2.45) is 0 Å². The van der Waals surface area contributed by atoms with Gasteiger partial charge in [-0.1, -0.05) is 17.7 Å². The highest BCUT2D eigenvalue weighted by atomic mass is 79.9. The van der Waals surface area contributed by atoms with Gasteiger partial charge < -0.3 is 4.90 Å². The van der Waals surface area contributed by atoms with Gasteiger partial charge in [0, 0.05) is 18.8 Å². The SMILES string of the molecule is CN(C(=O)c1c(F)cccc1Cl)c1ccc2ncc(-c3ccc(F)nc3)nc2c1Br. The molecule has 0 N–H and O–H groups in total. The molecule has 4 aromatic rings. The maximum absolute atomic E-state index is 14.2. The minimum Gasteiger partial charge on any atom is -0.310 e. The van der Waals surface area contributed by atoms with Crippen LogP contribution in [-0.4, -0.2) is 27.9 Å². The summed E-state index contributed by atoms with van der Waals surface area (Å²) >= 11 is 9.52. The Hall–Kier alpha value is -2.97. The molecule has 4 rings (SSSR count). The summed E-state index contributed by atoms with van der Waals surface area (Å²) in [5.41, 5.74) is 2.37. The van der Waals surface area contributed by atoms with E-state index in [1.807, 2.05) is 0 Å². The first-order valence-corrected chi connectivity index (χ1v) is 9.83. The van der Waals surface area contributed by atoms with Crippen LogP contribution in [0.4, 0.5) is 14.5 Å². The quantitative estimate of drug-likeness (QED) is 0.348. The largest absolute Gasteiger partial charge is 0.310 e. The van der Waals surface area contributed by atoms with E-state index in [4.69, 9.17) is 11.6 Å². The molecule has 0 aliphatic heterocycles. The van der Waals surface area contributed by atoms with Gasteiger partial charge in [0.05, 0.1) is 38.2 Å². The first-order chi connectivity index (χ1) is 14.4. The number of amides is 1. The molecule has 0 saturated carbocycles. The monoisotopic (exact) mass is 488 g/mol. The number of benzene rings is 2. The molecule has 0 unspecified atom stereocenters. The van der Waals surface area contributed by atoms with Gasteiger partial charge in [-0.15, -0.1) is 0 Å². The Bertz CT molecular complexity index is 1260. The van der Waals surface area contributed by atoms with Gasteiger partial charge in [-0.3, -0.25) is 9.78 Å². The van der Waals surface area contributed by atoms with Crippen molar-refractivity contribution in [3.05, 3.63) is 81.7 Å². The minimum absolute atomic E-state index is 0.0228. The lowest BCUT2D eigenvalue weighted by atomic mass is 10.1. The average molecular weight is 490 g/mol. The van der Waals surface area contributed by atoms with Gasteiger partial charge >= 0.3 is 0 Å². The molecule has 0 aliphatic rings. The Kier molecular flexibility index (Phi) is 5.44. The number of nitrogens with zero attached hydrogens (tertiary/aromatic N) is 4. The molecule has 0 fully saturated rings. The normalized spacial score (nSPS) is 11.0. The van der Waals surface area contributed by atoms with E-state index in [1.165, 1.54) is 42.4 Å². The summed E-state index contributed by atoms with van der Waals surface area (Å²) < 4.78 is 27.8. The summed E-state index contributed by atoms with van der Waals surface area (Å²) in [6.45, 7) is 0. The van der Waals surface area contributed by atoms with Crippen molar-refractivity contribution in [2.45, 2.75) is 0 Å².